The molecule has 0 radical (unpaired) electrons. The molecule has 1 aliphatic heterocycles. The number of rotatable bonds is 7. The van der Waals surface area contributed by atoms with E-state index < -0.39 is 10.0 Å². The summed E-state index contributed by atoms with van der Waals surface area (Å²) in [5.74, 6) is 1.82. The maximum absolute atomic E-state index is 13.0. The highest BCUT2D eigenvalue weighted by atomic mass is 32.2. The molecule has 0 bridgehead atoms. The third kappa shape index (κ3) is 4.79. The smallest absolute Gasteiger partial charge is 0.243 e. The number of benzene rings is 2. The number of sulfonamides is 1. The van der Waals surface area contributed by atoms with E-state index in [0.29, 0.717) is 31.5 Å². The first-order valence-electron chi connectivity index (χ1n) is 10.5. The van der Waals surface area contributed by atoms with Crippen LogP contribution in [0.4, 0.5) is 0 Å². The molecule has 168 valence electrons. The van der Waals surface area contributed by atoms with Crippen LogP contribution >= 0.6 is 11.8 Å². The molecule has 0 amide bonds. The topological polar surface area (TPSA) is 85.2 Å². The van der Waals surface area contributed by atoms with Crippen LogP contribution in [0.1, 0.15) is 47.4 Å². The molecule has 0 unspecified atom stereocenters. The van der Waals surface area contributed by atoms with Crippen molar-refractivity contribution in [3.8, 4) is 0 Å². The zero-order valence-corrected chi connectivity index (χ0v) is 19.8. The van der Waals surface area contributed by atoms with Crippen LogP contribution in [0.25, 0.3) is 0 Å². The van der Waals surface area contributed by atoms with Crippen molar-refractivity contribution in [2.75, 3.05) is 13.1 Å². The van der Waals surface area contributed by atoms with Crippen molar-refractivity contribution < 1.29 is 13.2 Å². The molecule has 0 saturated carbocycles. The number of aromatic nitrogens is 3. The van der Waals surface area contributed by atoms with Crippen LogP contribution in [-0.4, -0.2) is 46.4 Å². The minimum atomic E-state index is -3.58. The highest BCUT2D eigenvalue weighted by Crippen LogP contribution is 2.31. The molecule has 0 aliphatic carbocycles. The summed E-state index contributed by atoms with van der Waals surface area (Å²) >= 11 is 1.65. The van der Waals surface area contributed by atoms with Gasteiger partial charge in [0.25, 0.3) is 0 Å². The van der Waals surface area contributed by atoms with Gasteiger partial charge in [0.1, 0.15) is 5.82 Å². The second-order valence-corrected chi connectivity index (χ2v) is 10.8. The van der Waals surface area contributed by atoms with Gasteiger partial charge in [-0.05, 0) is 37.5 Å². The van der Waals surface area contributed by atoms with E-state index in [9.17, 15) is 13.2 Å². The Labute approximate surface area is 192 Å². The van der Waals surface area contributed by atoms with Gasteiger partial charge in [-0.25, -0.2) is 8.42 Å². The first-order chi connectivity index (χ1) is 15.4. The average molecular weight is 471 g/mol. The van der Waals surface area contributed by atoms with Gasteiger partial charge in [0, 0.05) is 37.4 Å². The quantitative estimate of drug-likeness (QED) is 0.385. The normalized spacial score (nSPS) is 15.7. The van der Waals surface area contributed by atoms with Crippen molar-refractivity contribution in [2.24, 2.45) is 7.05 Å². The second kappa shape index (κ2) is 9.56. The molecule has 0 atom stereocenters. The van der Waals surface area contributed by atoms with Crippen LogP contribution in [0.3, 0.4) is 0 Å². The van der Waals surface area contributed by atoms with Crippen molar-refractivity contribution in [1.29, 1.82) is 0 Å². The van der Waals surface area contributed by atoms with Gasteiger partial charge in [-0.15, -0.1) is 10.2 Å². The fourth-order valence-corrected chi connectivity index (χ4v) is 6.24. The van der Waals surface area contributed by atoms with Gasteiger partial charge in [-0.1, -0.05) is 54.2 Å². The fraction of sp³-hybridized carbons (Fsp3) is 0.348. The Balaban J connectivity index is 1.39. The summed E-state index contributed by atoms with van der Waals surface area (Å²) in [6.07, 6.45) is 1.39. The highest BCUT2D eigenvalue weighted by molar-refractivity contribution is 7.98. The minimum absolute atomic E-state index is 0.0836. The third-order valence-electron chi connectivity index (χ3n) is 5.80. The molecule has 1 aromatic heterocycles. The fourth-order valence-electron chi connectivity index (χ4n) is 3.89. The molecule has 1 fully saturated rings. The predicted molar refractivity (Wildman–Crippen MR) is 124 cm³/mol. The zero-order chi connectivity index (χ0) is 22.7. The van der Waals surface area contributed by atoms with Gasteiger partial charge >= 0.3 is 0 Å². The van der Waals surface area contributed by atoms with Crippen LogP contribution in [0.5, 0.6) is 0 Å². The molecule has 0 N–H and O–H groups in total. The molecular formula is C23H26N4O3S2. The van der Waals surface area contributed by atoms with E-state index in [2.05, 4.69) is 22.3 Å². The van der Waals surface area contributed by atoms with Crippen LogP contribution in [-0.2, 0) is 22.8 Å². The Morgan fingerprint density at radius 1 is 1.03 bits per heavy atom. The van der Waals surface area contributed by atoms with E-state index in [0.717, 1.165) is 16.7 Å². The number of hydrogen-bond acceptors (Lipinski definition) is 6. The number of Topliss-reactive ketones (excluding diaryl/α,β-unsaturated/α-hetero) is 1. The Kier molecular flexibility index (Phi) is 6.78. The summed E-state index contributed by atoms with van der Waals surface area (Å²) < 4.78 is 29.6. The molecule has 3 aromatic rings. The lowest BCUT2D eigenvalue weighted by Gasteiger charge is -2.30. The minimum Gasteiger partial charge on any atom is -0.309 e. The average Bonchev–Trinajstić information content (AvgIpc) is 3.18. The zero-order valence-electron chi connectivity index (χ0n) is 18.1. The van der Waals surface area contributed by atoms with E-state index in [1.807, 2.05) is 29.8 Å². The number of carbonyl (C=O) groups is 1. The van der Waals surface area contributed by atoms with Crippen molar-refractivity contribution in [3.63, 3.8) is 0 Å². The Morgan fingerprint density at radius 2 is 1.69 bits per heavy atom. The number of carbonyl (C=O) groups excluding carboxylic acids is 1. The molecule has 0 spiro atoms. The van der Waals surface area contributed by atoms with E-state index in [1.54, 1.807) is 23.9 Å². The summed E-state index contributed by atoms with van der Waals surface area (Å²) in [5, 5.41) is 9.64. The molecule has 2 aromatic carbocycles. The van der Waals surface area contributed by atoms with Crippen LogP contribution in [0.2, 0.25) is 0 Å². The molecule has 1 saturated heterocycles. The number of thioether (sulfide) groups is 1. The molecule has 32 heavy (non-hydrogen) atoms. The van der Waals surface area contributed by atoms with Crippen molar-refractivity contribution in [3.05, 3.63) is 71.5 Å². The van der Waals surface area contributed by atoms with Gasteiger partial charge in [0.15, 0.2) is 10.9 Å². The number of piperidine rings is 1. The van der Waals surface area contributed by atoms with E-state index >= 15 is 0 Å². The van der Waals surface area contributed by atoms with Crippen molar-refractivity contribution in [1.82, 2.24) is 19.1 Å². The maximum atomic E-state index is 13.0. The Morgan fingerprint density at radius 3 is 2.31 bits per heavy atom. The first kappa shape index (κ1) is 22.7. The van der Waals surface area contributed by atoms with Crippen LogP contribution in [0, 0.1) is 0 Å². The van der Waals surface area contributed by atoms with Gasteiger partial charge in [0.05, 0.1) is 4.90 Å². The lowest BCUT2D eigenvalue weighted by Crippen LogP contribution is -2.38. The van der Waals surface area contributed by atoms with Gasteiger partial charge < -0.3 is 4.57 Å². The first-order valence-corrected chi connectivity index (χ1v) is 13.0. The van der Waals surface area contributed by atoms with E-state index in [1.165, 1.54) is 28.9 Å². The number of nitrogens with zero attached hydrogens (tertiary/aromatic N) is 4. The second-order valence-electron chi connectivity index (χ2n) is 7.93. The van der Waals surface area contributed by atoms with Crippen LogP contribution in [0.15, 0.2) is 64.6 Å². The molecule has 7 nitrogen and oxygen atoms in total. The molecule has 9 heteroatoms. The maximum Gasteiger partial charge on any atom is 0.243 e. The summed E-state index contributed by atoms with van der Waals surface area (Å²) in [4.78, 5) is 11.7. The van der Waals surface area contributed by atoms with Crippen molar-refractivity contribution >= 4 is 27.6 Å². The third-order valence-corrected chi connectivity index (χ3v) is 8.80. The number of ketones is 1. The summed E-state index contributed by atoms with van der Waals surface area (Å²) in [6.45, 7) is 2.33. The van der Waals surface area contributed by atoms with E-state index in [4.69, 9.17) is 0 Å². The van der Waals surface area contributed by atoms with E-state index in [-0.39, 0.29) is 16.6 Å². The summed E-state index contributed by atoms with van der Waals surface area (Å²) in [6, 6.07) is 16.4. The lowest BCUT2D eigenvalue weighted by molar-refractivity contribution is 0.101. The Hall–Kier alpha value is -2.49. The van der Waals surface area contributed by atoms with Gasteiger partial charge in [-0.2, -0.15) is 4.31 Å². The Bertz CT molecular complexity index is 1180. The van der Waals surface area contributed by atoms with Crippen LogP contribution < -0.4 is 0 Å². The molecular weight excluding hydrogens is 444 g/mol. The predicted octanol–water partition coefficient (Wildman–Crippen LogP) is 3.88. The molecule has 2 heterocycles. The monoisotopic (exact) mass is 470 g/mol. The standard InChI is InChI=1S/C23H26N4O3S2/c1-17(28)19-8-10-21(11-9-19)32(29,30)27-14-12-20(13-15-27)22-24-25-23(26(22)2)31-16-18-6-4-3-5-7-18/h3-11,20H,12-16H2,1-2H3. The van der Waals surface area contributed by atoms with Gasteiger partial charge in [0.2, 0.25) is 10.0 Å². The van der Waals surface area contributed by atoms with Crippen molar-refractivity contribution in [2.45, 2.75) is 41.5 Å². The largest absolute Gasteiger partial charge is 0.309 e. The SMILES string of the molecule is CC(=O)c1ccc(S(=O)(=O)N2CCC(c3nnc(SCc4ccccc4)n3C)CC2)cc1. The molecule has 4 rings (SSSR count). The van der Waals surface area contributed by atoms with Gasteiger partial charge in [-0.3, -0.25) is 4.79 Å². The number of hydrogen-bond donors (Lipinski definition) is 0. The highest BCUT2D eigenvalue weighted by Gasteiger charge is 2.32. The summed E-state index contributed by atoms with van der Waals surface area (Å²) in [5.41, 5.74) is 1.74. The lowest BCUT2D eigenvalue weighted by atomic mass is 9.97. The summed E-state index contributed by atoms with van der Waals surface area (Å²) in [7, 11) is -1.60. The molecule has 1 aliphatic rings.